The van der Waals surface area contributed by atoms with Crippen LogP contribution >= 0.6 is 0 Å². The molecule has 2 nitrogen and oxygen atoms in total. The summed E-state index contributed by atoms with van der Waals surface area (Å²) in [7, 11) is 0. The molecule has 12 aromatic carbocycles. The number of para-hydroxylation sites is 2. The van der Waals surface area contributed by atoms with E-state index in [-0.39, 0.29) is 0 Å². The van der Waals surface area contributed by atoms with E-state index in [0.717, 1.165) is 22.6 Å². The van der Waals surface area contributed by atoms with Crippen LogP contribution in [0, 0.1) is 0 Å². The van der Waals surface area contributed by atoms with E-state index in [1.54, 1.807) is 0 Å². The molecule has 0 fully saturated rings. The maximum atomic E-state index is 2.46. The first-order chi connectivity index (χ1) is 36.2. The van der Waals surface area contributed by atoms with Gasteiger partial charge >= 0.3 is 0 Å². The van der Waals surface area contributed by atoms with Crippen LogP contribution in [0.3, 0.4) is 0 Å². The monoisotopic (exact) mass is 928 g/mol. The van der Waals surface area contributed by atoms with Gasteiger partial charge in [-0.2, -0.15) is 0 Å². The average Bonchev–Trinajstić information content (AvgIpc) is 4.00. The Morgan fingerprint density at radius 3 is 1.62 bits per heavy atom. The molecule has 0 radical (unpaired) electrons. The van der Waals surface area contributed by atoms with E-state index in [0.29, 0.717) is 0 Å². The van der Waals surface area contributed by atoms with Crippen molar-refractivity contribution in [1.29, 1.82) is 0 Å². The van der Waals surface area contributed by atoms with E-state index in [2.05, 4.69) is 301 Å². The maximum absolute atomic E-state index is 2.46. The minimum absolute atomic E-state index is 0.529. The molecule has 1 aliphatic rings. The topological polar surface area (TPSA) is 8.17 Å². The van der Waals surface area contributed by atoms with Gasteiger partial charge in [-0.3, -0.25) is 0 Å². The summed E-state index contributed by atoms with van der Waals surface area (Å²) in [5.41, 5.74) is 21.0. The van der Waals surface area contributed by atoms with Gasteiger partial charge in [0.25, 0.3) is 0 Å². The molecule has 0 N–H and O–H groups in total. The number of anilines is 3. The molecule has 1 aromatic heterocycles. The molecular formula is C71H48N2. The van der Waals surface area contributed by atoms with Crippen LogP contribution < -0.4 is 4.90 Å². The van der Waals surface area contributed by atoms with Gasteiger partial charge in [-0.15, -0.1) is 0 Å². The summed E-state index contributed by atoms with van der Waals surface area (Å²) in [5, 5.41) is 4.93. The Morgan fingerprint density at radius 2 is 0.822 bits per heavy atom. The van der Waals surface area contributed by atoms with Crippen molar-refractivity contribution in [2.24, 2.45) is 0 Å². The van der Waals surface area contributed by atoms with E-state index in [1.165, 1.54) is 99.5 Å². The van der Waals surface area contributed by atoms with Gasteiger partial charge in [-0.25, -0.2) is 0 Å². The summed E-state index contributed by atoms with van der Waals surface area (Å²) in [4.78, 5) is 2.44. The van der Waals surface area contributed by atoms with Crippen molar-refractivity contribution in [2.45, 2.75) is 5.41 Å². The smallest absolute Gasteiger partial charge is 0.0714 e. The Hall–Kier alpha value is -9.50. The second-order valence-electron chi connectivity index (χ2n) is 19.2. The van der Waals surface area contributed by atoms with Crippen molar-refractivity contribution < 1.29 is 0 Å². The zero-order valence-electron chi connectivity index (χ0n) is 40.1. The predicted molar refractivity (Wildman–Crippen MR) is 307 cm³/mol. The van der Waals surface area contributed by atoms with Crippen LogP contribution in [0.4, 0.5) is 17.1 Å². The number of nitrogens with zero attached hydrogens (tertiary/aromatic N) is 2. The van der Waals surface area contributed by atoms with Gasteiger partial charge in [0.1, 0.15) is 0 Å². The second kappa shape index (κ2) is 17.4. The lowest BCUT2D eigenvalue weighted by Gasteiger charge is -2.35. The van der Waals surface area contributed by atoms with Crippen molar-refractivity contribution >= 4 is 49.6 Å². The molecule has 0 saturated carbocycles. The number of aromatic nitrogens is 1. The first kappa shape index (κ1) is 42.4. The lowest BCUT2D eigenvalue weighted by atomic mass is 9.67. The molecule has 1 aliphatic carbocycles. The summed E-state index contributed by atoms with van der Waals surface area (Å²) < 4.78 is 2.43. The Balaban J connectivity index is 0.926. The van der Waals surface area contributed by atoms with Gasteiger partial charge in [-0.05, 0) is 139 Å². The largest absolute Gasteiger partial charge is 0.310 e. The number of benzene rings is 12. The highest BCUT2D eigenvalue weighted by Gasteiger charge is 2.46. The molecular weight excluding hydrogens is 881 g/mol. The molecule has 0 atom stereocenters. The molecule has 1 heterocycles. The Bertz CT molecular complexity index is 4150. The molecule has 73 heavy (non-hydrogen) atoms. The highest BCUT2D eigenvalue weighted by Crippen LogP contribution is 2.57. The van der Waals surface area contributed by atoms with Crippen LogP contribution in [0.2, 0.25) is 0 Å². The highest BCUT2D eigenvalue weighted by molar-refractivity contribution is 6.11. The van der Waals surface area contributed by atoms with Gasteiger partial charge < -0.3 is 9.47 Å². The van der Waals surface area contributed by atoms with Crippen molar-refractivity contribution in [3.05, 3.63) is 313 Å². The van der Waals surface area contributed by atoms with E-state index in [1.807, 2.05) is 0 Å². The van der Waals surface area contributed by atoms with Crippen LogP contribution in [-0.2, 0) is 5.41 Å². The lowest BCUT2D eigenvalue weighted by molar-refractivity contribution is 0.768. The molecule has 13 aromatic rings. The number of rotatable bonds is 9. The molecule has 0 aliphatic heterocycles. The van der Waals surface area contributed by atoms with Crippen LogP contribution in [0.15, 0.2) is 291 Å². The molecule has 0 amide bonds. The standard InChI is InChI=1S/C71H48N2/c1-4-20-51(21-5-1)61-29-13-16-33-68(61)73-69-34-17-14-31-64(69)65-47-55(39-44-70(65)73)50-37-40-58(41-38-50)72(59-28-18-23-53(46-59)54-36-35-49-19-10-11-22-52(49)45-54)60-42-43-63-62-30-12-15-32-66(62)71(67(63)48-60,56-24-6-2-7-25-56)57-26-8-3-9-27-57/h1-48H. The molecule has 0 spiro atoms. The summed E-state index contributed by atoms with van der Waals surface area (Å²) in [5.74, 6) is 0. The lowest BCUT2D eigenvalue weighted by Crippen LogP contribution is -2.28. The Labute approximate surface area is 426 Å². The number of fused-ring (bicyclic) bond motifs is 7. The summed E-state index contributed by atoms with van der Waals surface area (Å²) >= 11 is 0. The minimum atomic E-state index is -0.529. The zero-order valence-corrected chi connectivity index (χ0v) is 40.1. The fourth-order valence-electron chi connectivity index (χ4n) is 12.0. The van der Waals surface area contributed by atoms with Crippen LogP contribution in [0.1, 0.15) is 22.3 Å². The molecule has 0 saturated heterocycles. The summed E-state index contributed by atoms with van der Waals surface area (Å²) in [6.45, 7) is 0. The van der Waals surface area contributed by atoms with E-state index in [9.17, 15) is 0 Å². The van der Waals surface area contributed by atoms with Gasteiger partial charge in [-0.1, -0.05) is 224 Å². The maximum Gasteiger partial charge on any atom is 0.0714 e. The fraction of sp³-hybridized carbons (Fsp3) is 0.0141. The number of hydrogen-bond acceptors (Lipinski definition) is 1. The first-order valence-electron chi connectivity index (χ1n) is 25.2. The van der Waals surface area contributed by atoms with Crippen LogP contribution in [0.5, 0.6) is 0 Å². The number of hydrogen-bond donors (Lipinski definition) is 0. The third-order valence-electron chi connectivity index (χ3n) is 15.2. The fourth-order valence-corrected chi connectivity index (χ4v) is 12.0. The quantitative estimate of drug-likeness (QED) is 0.140. The third kappa shape index (κ3) is 6.94. The minimum Gasteiger partial charge on any atom is -0.310 e. The van der Waals surface area contributed by atoms with Crippen molar-refractivity contribution in [1.82, 2.24) is 4.57 Å². The van der Waals surface area contributed by atoms with Crippen LogP contribution in [0.25, 0.3) is 82.8 Å². The Morgan fingerprint density at radius 1 is 0.274 bits per heavy atom. The van der Waals surface area contributed by atoms with Crippen molar-refractivity contribution in [3.63, 3.8) is 0 Å². The second-order valence-corrected chi connectivity index (χ2v) is 19.2. The predicted octanol–water partition coefficient (Wildman–Crippen LogP) is 18.8. The zero-order chi connectivity index (χ0) is 48.3. The SMILES string of the molecule is c1ccc(-c2ccccc2-n2c3ccccc3c3cc(-c4ccc(N(c5cccc(-c6ccc7ccccc7c6)c5)c5ccc6c(c5)C(c5ccccc5)(c5ccccc5)c5ccccc5-6)cc4)ccc32)cc1. The van der Waals surface area contributed by atoms with Gasteiger partial charge in [0.05, 0.1) is 22.1 Å². The molecule has 342 valence electrons. The molecule has 2 heteroatoms. The van der Waals surface area contributed by atoms with Gasteiger partial charge in [0, 0.05) is 33.4 Å². The first-order valence-corrected chi connectivity index (χ1v) is 25.2. The Kier molecular flexibility index (Phi) is 10.1. The average molecular weight is 929 g/mol. The van der Waals surface area contributed by atoms with Crippen molar-refractivity contribution in [3.8, 4) is 50.2 Å². The molecule has 14 rings (SSSR count). The van der Waals surface area contributed by atoms with Gasteiger partial charge in [0.15, 0.2) is 0 Å². The summed E-state index contributed by atoms with van der Waals surface area (Å²) in [6, 6.07) is 107. The van der Waals surface area contributed by atoms with Gasteiger partial charge in [0.2, 0.25) is 0 Å². The highest BCUT2D eigenvalue weighted by atomic mass is 15.1. The van der Waals surface area contributed by atoms with E-state index in [4.69, 9.17) is 0 Å². The molecule has 0 bridgehead atoms. The van der Waals surface area contributed by atoms with E-state index < -0.39 is 5.41 Å². The van der Waals surface area contributed by atoms with Crippen LogP contribution in [-0.4, -0.2) is 4.57 Å². The molecule has 0 unspecified atom stereocenters. The van der Waals surface area contributed by atoms with Crippen molar-refractivity contribution in [2.75, 3.05) is 4.90 Å². The third-order valence-corrected chi connectivity index (χ3v) is 15.2. The normalized spacial score (nSPS) is 12.5. The summed E-state index contributed by atoms with van der Waals surface area (Å²) in [6.07, 6.45) is 0. The van der Waals surface area contributed by atoms with E-state index >= 15 is 0 Å².